The number of aliphatic hydroxyl groups is 1. The number of rotatable bonds is 2. The Hall–Kier alpha value is -2.13. The summed E-state index contributed by atoms with van der Waals surface area (Å²) in [6.45, 7) is -0.124. The molecule has 0 spiro atoms. The molecule has 3 heteroatoms. The van der Waals surface area contributed by atoms with Crippen molar-refractivity contribution in [2.24, 2.45) is 0 Å². The molecule has 0 unspecified atom stereocenters. The molecular weight excluding hydrogens is 214 g/mol. The van der Waals surface area contributed by atoms with Gasteiger partial charge in [-0.1, -0.05) is 41.6 Å². The van der Waals surface area contributed by atoms with E-state index in [1.807, 2.05) is 18.2 Å². The first kappa shape index (κ1) is 10.1. The minimum Gasteiger partial charge on any atom is -0.388 e. The molecule has 17 heavy (non-hydrogen) atoms. The lowest BCUT2D eigenvalue weighted by molar-refractivity contribution is 0.229. The van der Waals surface area contributed by atoms with E-state index in [4.69, 9.17) is 9.63 Å². The molecule has 1 N–H and O–H groups in total. The summed E-state index contributed by atoms with van der Waals surface area (Å²) in [5.74, 6) is 0.480. The fraction of sp³-hybridized carbons (Fsp3) is 0.0714. The van der Waals surface area contributed by atoms with Crippen molar-refractivity contribution in [1.82, 2.24) is 5.16 Å². The van der Waals surface area contributed by atoms with Gasteiger partial charge in [0, 0.05) is 11.6 Å². The van der Waals surface area contributed by atoms with Crippen LogP contribution in [0.3, 0.4) is 0 Å². The summed E-state index contributed by atoms with van der Waals surface area (Å²) in [6, 6.07) is 16.0. The monoisotopic (exact) mass is 225 g/mol. The Balaban J connectivity index is 2.11. The van der Waals surface area contributed by atoms with Gasteiger partial charge in [0.2, 0.25) is 0 Å². The number of aromatic nitrogens is 1. The summed E-state index contributed by atoms with van der Waals surface area (Å²) < 4.78 is 4.98. The first-order chi connectivity index (χ1) is 8.36. The predicted molar refractivity (Wildman–Crippen MR) is 65.4 cm³/mol. The number of nitrogens with zero attached hydrogens (tertiary/aromatic N) is 1. The highest BCUT2D eigenvalue weighted by molar-refractivity contribution is 5.86. The van der Waals surface area contributed by atoms with Crippen LogP contribution in [0.2, 0.25) is 0 Å². The van der Waals surface area contributed by atoms with Crippen LogP contribution in [-0.4, -0.2) is 10.3 Å². The minimum absolute atomic E-state index is 0.124. The van der Waals surface area contributed by atoms with Crippen LogP contribution in [0.5, 0.6) is 0 Å². The normalized spacial score (nSPS) is 10.9. The van der Waals surface area contributed by atoms with Crippen LogP contribution >= 0.6 is 0 Å². The van der Waals surface area contributed by atoms with Crippen LogP contribution in [0, 0.1) is 0 Å². The third-order valence-electron chi connectivity index (χ3n) is 2.76. The molecule has 0 saturated carbocycles. The first-order valence-corrected chi connectivity index (χ1v) is 5.42. The number of aliphatic hydroxyl groups excluding tert-OH is 1. The van der Waals surface area contributed by atoms with Gasteiger partial charge in [0.05, 0.1) is 0 Å². The van der Waals surface area contributed by atoms with Crippen LogP contribution < -0.4 is 0 Å². The molecule has 2 aromatic carbocycles. The van der Waals surface area contributed by atoms with E-state index in [1.54, 1.807) is 6.07 Å². The van der Waals surface area contributed by atoms with Crippen LogP contribution in [-0.2, 0) is 6.61 Å². The van der Waals surface area contributed by atoms with Crippen LogP contribution in [0.1, 0.15) is 5.76 Å². The molecule has 1 heterocycles. The molecule has 84 valence electrons. The van der Waals surface area contributed by atoms with Gasteiger partial charge in [0.15, 0.2) is 5.76 Å². The summed E-state index contributed by atoms with van der Waals surface area (Å²) in [5.41, 5.74) is 1.74. The number of benzene rings is 2. The highest BCUT2D eigenvalue weighted by Gasteiger charge is 2.06. The van der Waals surface area contributed by atoms with Crippen molar-refractivity contribution in [2.75, 3.05) is 0 Å². The largest absolute Gasteiger partial charge is 0.388 e. The first-order valence-electron chi connectivity index (χ1n) is 5.42. The smallest absolute Gasteiger partial charge is 0.162 e. The molecule has 0 aliphatic heterocycles. The number of hydrogen-bond acceptors (Lipinski definition) is 3. The van der Waals surface area contributed by atoms with Gasteiger partial charge in [-0.2, -0.15) is 0 Å². The van der Waals surface area contributed by atoms with E-state index in [0.717, 1.165) is 11.3 Å². The standard InChI is InChI=1S/C14H11NO2/c16-9-13-8-14(15-17-13)12-6-5-10-3-1-2-4-11(10)7-12/h1-8,16H,9H2. The summed E-state index contributed by atoms with van der Waals surface area (Å²) >= 11 is 0. The van der Waals surface area contributed by atoms with Crippen molar-refractivity contribution >= 4 is 10.8 Å². The molecule has 0 bridgehead atoms. The summed E-state index contributed by atoms with van der Waals surface area (Å²) in [6.07, 6.45) is 0. The molecule has 0 radical (unpaired) electrons. The number of fused-ring (bicyclic) bond motifs is 1. The minimum atomic E-state index is -0.124. The van der Waals surface area contributed by atoms with Crippen LogP contribution in [0.25, 0.3) is 22.0 Å². The fourth-order valence-corrected chi connectivity index (χ4v) is 1.87. The zero-order valence-corrected chi connectivity index (χ0v) is 9.13. The molecule has 0 aliphatic carbocycles. The molecule has 3 nitrogen and oxygen atoms in total. The predicted octanol–water partition coefficient (Wildman–Crippen LogP) is 2.99. The van der Waals surface area contributed by atoms with Gasteiger partial charge in [0.1, 0.15) is 12.3 Å². The third kappa shape index (κ3) is 1.81. The lowest BCUT2D eigenvalue weighted by Crippen LogP contribution is -1.78. The molecule has 3 rings (SSSR count). The molecule has 0 fully saturated rings. The van der Waals surface area contributed by atoms with Gasteiger partial charge in [-0.25, -0.2) is 0 Å². The zero-order valence-electron chi connectivity index (χ0n) is 9.13. The van der Waals surface area contributed by atoms with E-state index in [-0.39, 0.29) is 6.61 Å². The topological polar surface area (TPSA) is 46.3 Å². The van der Waals surface area contributed by atoms with Crippen molar-refractivity contribution in [3.05, 3.63) is 54.3 Å². The average molecular weight is 225 g/mol. The molecule has 0 saturated heterocycles. The highest BCUT2D eigenvalue weighted by Crippen LogP contribution is 2.24. The Kier molecular flexibility index (Phi) is 2.38. The Labute approximate surface area is 98.3 Å². The van der Waals surface area contributed by atoms with E-state index in [1.165, 1.54) is 10.8 Å². The Morgan fingerprint density at radius 2 is 1.82 bits per heavy atom. The zero-order chi connectivity index (χ0) is 11.7. The molecule has 0 atom stereocenters. The van der Waals surface area contributed by atoms with Crippen molar-refractivity contribution in [2.45, 2.75) is 6.61 Å². The van der Waals surface area contributed by atoms with Crippen molar-refractivity contribution in [3.63, 3.8) is 0 Å². The maximum Gasteiger partial charge on any atom is 0.162 e. The lowest BCUT2D eigenvalue weighted by atomic mass is 10.1. The average Bonchev–Trinajstić information content (AvgIpc) is 2.87. The maximum absolute atomic E-state index is 8.94. The van der Waals surface area contributed by atoms with E-state index < -0.39 is 0 Å². The summed E-state index contributed by atoms with van der Waals surface area (Å²) in [7, 11) is 0. The van der Waals surface area contributed by atoms with Gasteiger partial charge in [-0.05, 0) is 16.8 Å². The Bertz CT molecular complexity index is 658. The molecule has 1 aromatic heterocycles. The van der Waals surface area contributed by atoms with E-state index in [0.29, 0.717) is 5.76 Å². The van der Waals surface area contributed by atoms with Gasteiger partial charge in [0.25, 0.3) is 0 Å². The summed E-state index contributed by atoms with van der Waals surface area (Å²) in [4.78, 5) is 0. The second kappa shape index (κ2) is 4.03. The lowest BCUT2D eigenvalue weighted by Gasteiger charge is -1.99. The second-order valence-electron chi connectivity index (χ2n) is 3.90. The van der Waals surface area contributed by atoms with E-state index in [2.05, 4.69) is 29.4 Å². The highest BCUT2D eigenvalue weighted by atomic mass is 16.5. The quantitative estimate of drug-likeness (QED) is 0.729. The molecule has 0 amide bonds. The van der Waals surface area contributed by atoms with Gasteiger partial charge >= 0.3 is 0 Å². The van der Waals surface area contributed by atoms with E-state index in [9.17, 15) is 0 Å². The SMILES string of the molecule is OCc1cc(-c2ccc3ccccc3c2)no1. The second-order valence-corrected chi connectivity index (χ2v) is 3.90. The van der Waals surface area contributed by atoms with Gasteiger partial charge in [-0.15, -0.1) is 0 Å². The molecule has 0 aliphatic rings. The fourth-order valence-electron chi connectivity index (χ4n) is 1.87. The van der Waals surface area contributed by atoms with Gasteiger partial charge in [-0.3, -0.25) is 0 Å². The Morgan fingerprint density at radius 1 is 1.00 bits per heavy atom. The Morgan fingerprint density at radius 3 is 2.59 bits per heavy atom. The number of hydrogen-bond donors (Lipinski definition) is 1. The summed E-state index contributed by atoms with van der Waals surface area (Å²) in [5, 5.41) is 15.2. The molecular formula is C14H11NO2. The van der Waals surface area contributed by atoms with Crippen LogP contribution in [0.4, 0.5) is 0 Å². The van der Waals surface area contributed by atoms with Crippen molar-refractivity contribution in [3.8, 4) is 11.3 Å². The van der Waals surface area contributed by atoms with Crippen LogP contribution in [0.15, 0.2) is 53.1 Å². The van der Waals surface area contributed by atoms with E-state index >= 15 is 0 Å². The maximum atomic E-state index is 8.94. The van der Waals surface area contributed by atoms with Crippen molar-refractivity contribution < 1.29 is 9.63 Å². The van der Waals surface area contributed by atoms with Crippen molar-refractivity contribution in [1.29, 1.82) is 0 Å². The van der Waals surface area contributed by atoms with Gasteiger partial charge < -0.3 is 9.63 Å². The third-order valence-corrected chi connectivity index (χ3v) is 2.76. The molecule has 3 aromatic rings.